The number of pyridine rings is 1. The van der Waals surface area contributed by atoms with Crippen molar-refractivity contribution in [2.45, 2.75) is 6.42 Å². The maximum atomic E-state index is 11.0. The van der Waals surface area contributed by atoms with Gasteiger partial charge in [0.05, 0.1) is 4.34 Å². The molecule has 19 heavy (non-hydrogen) atoms. The molecule has 0 aromatic carbocycles. The molecule has 100 valence electrons. The summed E-state index contributed by atoms with van der Waals surface area (Å²) in [5, 5.41) is 12.3. The summed E-state index contributed by atoms with van der Waals surface area (Å²) >= 11 is 13.1. The minimum absolute atomic E-state index is 0.105. The van der Waals surface area contributed by atoms with Crippen molar-refractivity contribution >= 4 is 46.3 Å². The van der Waals surface area contributed by atoms with E-state index < -0.39 is 5.97 Å². The highest BCUT2D eigenvalue weighted by atomic mass is 35.5. The monoisotopic (exact) mass is 316 g/mol. The van der Waals surface area contributed by atoms with Gasteiger partial charge >= 0.3 is 5.97 Å². The average molecular weight is 317 g/mol. The summed E-state index contributed by atoms with van der Waals surface area (Å²) in [6.45, 7) is 0.560. The third kappa shape index (κ3) is 3.83. The van der Waals surface area contributed by atoms with Gasteiger partial charge in [0.15, 0.2) is 0 Å². The highest BCUT2D eigenvalue weighted by molar-refractivity contribution is 7.16. The summed E-state index contributed by atoms with van der Waals surface area (Å²) in [6.07, 6.45) is 0.741. The van der Waals surface area contributed by atoms with Crippen LogP contribution in [0.5, 0.6) is 0 Å². The van der Waals surface area contributed by atoms with Crippen LogP contribution in [0, 0.1) is 0 Å². The Morgan fingerprint density at radius 2 is 2.11 bits per heavy atom. The Balaban J connectivity index is 2.02. The fraction of sp³-hybridized carbons (Fsp3) is 0.167. The number of carbonyl (C=O) groups is 1. The van der Waals surface area contributed by atoms with E-state index in [0.29, 0.717) is 6.54 Å². The Hall–Kier alpha value is -1.30. The second-order valence-electron chi connectivity index (χ2n) is 3.72. The van der Waals surface area contributed by atoms with Crippen molar-refractivity contribution in [3.05, 3.63) is 44.2 Å². The summed E-state index contributed by atoms with van der Waals surface area (Å²) in [7, 11) is 0. The smallest absolute Gasteiger partial charge is 0.339 e. The van der Waals surface area contributed by atoms with Gasteiger partial charge in [-0.05, 0) is 30.7 Å². The van der Waals surface area contributed by atoms with E-state index in [0.717, 1.165) is 15.6 Å². The van der Waals surface area contributed by atoms with Gasteiger partial charge in [0.2, 0.25) is 0 Å². The number of hydrogen-bond acceptors (Lipinski definition) is 4. The SMILES string of the molecule is O=C(O)c1ccc(Cl)nc1NCCc1ccc(Cl)s1. The number of rotatable bonds is 5. The Kier molecular flexibility index (Phi) is 4.63. The van der Waals surface area contributed by atoms with Crippen LogP contribution in [0.4, 0.5) is 5.82 Å². The summed E-state index contributed by atoms with van der Waals surface area (Å²) in [6, 6.07) is 6.66. The highest BCUT2D eigenvalue weighted by Crippen LogP contribution is 2.22. The zero-order chi connectivity index (χ0) is 13.8. The van der Waals surface area contributed by atoms with Gasteiger partial charge in [-0.2, -0.15) is 0 Å². The number of carboxylic acids is 1. The first-order chi connectivity index (χ1) is 9.06. The second-order valence-corrected chi connectivity index (χ2v) is 5.90. The van der Waals surface area contributed by atoms with Crippen molar-refractivity contribution in [3.63, 3.8) is 0 Å². The molecule has 2 aromatic heterocycles. The van der Waals surface area contributed by atoms with Gasteiger partial charge in [-0.25, -0.2) is 9.78 Å². The largest absolute Gasteiger partial charge is 0.478 e. The quantitative estimate of drug-likeness (QED) is 0.823. The molecule has 4 nitrogen and oxygen atoms in total. The van der Waals surface area contributed by atoms with E-state index >= 15 is 0 Å². The molecule has 0 spiro atoms. The minimum Gasteiger partial charge on any atom is -0.478 e. The first kappa shape index (κ1) is 14.1. The van der Waals surface area contributed by atoms with Crippen molar-refractivity contribution in [3.8, 4) is 0 Å². The van der Waals surface area contributed by atoms with Crippen LogP contribution in [-0.2, 0) is 6.42 Å². The molecule has 0 radical (unpaired) electrons. The average Bonchev–Trinajstić information content (AvgIpc) is 2.75. The number of thiophene rings is 1. The number of hydrogen-bond donors (Lipinski definition) is 2. The summed E-state index contributed by atoms with van der Waals surface area (Å²) in [4.78, 5) is 16.1. The molecule has 0 aliphatic rings. The van der Waals surface area contributed by atoms with Gasteiger partial charge in [0.25, 0.3) is 0 Å². The van der Waals surface area contributed by atoms with Crippen molar-refractivity contribution in [2.24, 2.45) is 0 Å². The Morgan fingerprint density at radius 1 is 1.32 bits per heavy atom. The lowest BCUT2D eigenvalue weighted by Gasteiger charge is -2.08. The fourth-order valence-corrected chi connectivity index (χ4v) is 2.77. The number of aromatic nitrogens is 1. The van der Waals surface area contributed by atoms with Gasteiger partial charge < -0.3 is 10.4 Å². The van der Waals surface area contributed by atoms with Crippen molar-refractivity contribution in [2.75, 3.05) is 11.9 Å². The van der Waals surface area contributed by atoms with Gasteiger partial charge in [-0.3, -0.25) is 0 Å². The molecule has 7 heteroatoms. The number of anilines is 1. The number of halogens is 2. The van der Waals surface area contributed by atoms with Crippen molar-refractivity contribution in [1.29, 1.82) is 0 Å². The van der Waals surface area contributed by atoms with Crippen LogP contribution in [0.3, 0.4) is 0 Å². The van der Waals surface area contributed by atoms with Crippen LogP contribution in [0.25, 0.3) is 0 Å². The lowest BCUT2D eigenvalue weighted by atomic mass is 10.2. The maximum absolute atomic E-state index is 11.0. The molecule has 0 aliphatic carbocycles. The molecule has 0 saturated carbocycles. The first-order valence-electron chi connectivity index (χ1n) is 5.44. The molecular formula is C12H10Cl2N2O2S. The van der Waals surface area contributed by atoms with Crippen LogP contribution in [0.2, 0.25) is 9.49 Å². The number of aromatic carboxylic acids is 1. The normalized spacial score (nSPS) is 10.4. The third-order valence-electron chi connectivity index (χ3n) is 2.38. The molecule has 0 amide bonds. The first-order valence-corrected chi connectivity index (χ1v) is 7.01. The van der Waals surface area contributed by atoms with Crippen LogP contribution in [-0.4, -0.2) is 22.6 Å². The van der Waals surface area contributed by atoms with Gasteiger partial charge in [0, 0.05) is 11.4 Å². The Labute approximate surface area is 124 Å². The predicted molar refractivity (Wildman–Crippen MR) is 77.7 cm³/mol. The van der Waals surface area contributed by atoms with Crippen molar-refractivity contribution in [1.82, 2.24) is 4.98 Å². The molecular weight excluding hydrogens is 307 g/mol. The summed E-state index contributed by atoms with van der Waals surface area (Å²) in [5.41, 5.74) is 0.105. The van der Waals surface area contributed by atoms with Crippen molar-refractivity contribution < 1.29 is 9.90 Å². The van der Waals surface area contributed by atoms with E-state index in [1.807, 2.05) is 12.1 Å². The third-order valence-corrected chi connectivity index (χ3v) is 3.89. The molecule has 0 aliphatic heterocycles. The van der Waals surface area contributed by atoms with Gasteiger partial charge in [0.1, 0.15) is 16.5 Å². The maximum Gasteiger partial charge on any atom is 0.339 e. The highest BCUT2D eigenvalue weighted by Gasteiger charge is 2.11. The van der Waals surface area contributed by atoms with Crippen LogP contribution < -0.4 is 5.32 Å². The van der Waals surface area contributed by atoms with E-state index in [9.17, 15) is 4.79 Å². The second kappa shape index (κ2) is 6.23. The van der Waals surface area contributed by atoms with Gasteiger partial charge in [-0.15, -0.1) is 11.3 Å². The molecule has 0 saturated heterocycles. The van der Waals surface area contributed by atoms with Gasteiger partial charge in [-0.1, -0.05) is 23.2 Å². The topological polar surface area (TPSA) is 62.2 Å². The molecule has 0 unspecified atom stereocenters. The number of carboxylic acid groups (broad SMARTS) is 1. The standard InChI is InChI=1S/C12H10Cl2N2O2S/c13-9-3-2-8(12(17)18)11(16-9)15-6-5-7-1-4-10(14)19-7/h1-4H,5-6H2,(H,15,16)(H,17,18). The molecule has 0 fully saturated rings. The molecule has 0 atom stereocenters. The van der Waals surface area contributed by atoms with E-state index in [-0.39, 0.29) is 16.5 Å². The molecule has 2 N–H and O–H groups in total. The zero-order valence-corrected chi connectivity index (χ0v) is 12.0. The molecule has 2 heterocycles. The summed E-state index contributed by atoms with van der Waals surface area (Å²) in [5.74, 6) is -0.756. The lowest BCUT2D eigenvalue weighted by molar-refractivity contribution is 0.0697. The van der Waals surface area contributed by atoms with Crippen LogP contribution >= 0.6 is 34.5 Å². The lowest BCUT2D eigenvalue weighted by Crippen LogP contribution is -2.10. The zero-order valence-electron chi connectivity index (χ0n) is 9.69. The fourth-order valence-electron chi connectivity index (χ4n) is 1.53. The Morgan fingerprint density at radius 3 is 2.74 bits per heavy atom. The summed E-state index contributed by atoms with van der Waals surface area (Å²) < 4.78 is 0.738. The predicted octanol–water partition coefficient (Wildman–Crippen LogP) is 3.80. The molecule has 0 bridgehead atoms. The van der Waals surface area contributed by atoms with Crippen LogP contribution in [0.1, 0.15) is 15.2 Å². The molecule has 2 aromatic rings. The van der Waals surface area contributed by atoms with Crippen LogP contribution in [0.15, 0.2) is 24.3 Å². The molecule has 2 rings (SSSR count). The van der Waals surface area contributed by atoms with E-state index in [1.54, 1.807) is 0 Å². The Bertz CT molecular complexity index is 601. The van der Waals surface area contributed by atoms with E-state index in [1.165, 1.54) is 23.5 Å². The van der Waals surface area contributed by atoms with E-state index in [2.05, 4.69) is 10.3 Å². The number of nitrogens with one attached hydrogen (secondary N) is 1. The minimum atomic E-state index is -1.04. The van der Waals surface area contributed by atoms with E-state index in [4.69, 9.17) is 28.3 Å². The number of nitrogens with zero attached hydrogens (tertiary/aromatic N) is 1.